The molecule has 2 aliphatic heterocycles. The number of nitrogens with two attached hydrogens (primary N) is 1. The van der Waals surface area contributed by atoms with Crippen LogP contribution < -0.4 is 14.8 Å². The van der Waals surface area contributed by atoms with E-state index < -0.39 is 0 Å². The van der Waals surface area contributed by atoms with Gasteiger partial charge in [0, 0.05) is 29.5 Å². The Morgan fingerprint density at radius 2 is 1.96 bits per heavy atom. The number of benzene rings is 2. The summed E-state index contributed by atoms with van der Waals surface area (Å²) < 4.78 is 13.4. The number of aromatic nitrogens is 1. The van der Waals surface area contributed by atoms with Gasteiger partial charge < -0.3 is 19.4 Å². The molecule has 0 bridgehead atoms. The molecule has 0 saturated carbocycles. The van der Waals surface area contributed by atoms with Crippen LogP contribution in [0, 0.1) is 10.1 Å². The number of nitro groups is 1. The van der Waals surface area contributed by atoms with Gasteiger partial charge in [-0.05, 0) is 36.4 Å². The first-order valence-corrected chi connectivity index (χ1v) is 8.39. The number of rotatable bonds is 2. The Kier molecular flexibility index (Phi) is 3.23. The summed E-state index contributed by atoms with van der Waals surface area (Å²) in [6.07, 6.45) is 2.02. The monoisotopic (exact) mass is 350 g/mol. The molecule has 3 heterocycles. The summed E-state index contributed by atoms with van der Waals surface area (Å²) in [7, 11) is 0. The molecule has 0 saturated heterocycles. The van der Waals surface area contributed by atoms with Gasteiger partial charge in [-0.1, -0.05) is 0 Å². The zero-order valence-corrected chi connectivity index (χ0v) is 13.8. The average Bonchev–Trinajstić information content (AvgIpc) is 3.29. The van der Waals surface area contributed by atoms with Gasteiger partial charge in [-0.15, -0.1) is 0 Å². The Morgan fingerprint density at radius 3 is 2.77 bits per heavy atom. The maximum atomic E-state index is 10.9. The second-order valence-corrected chi connectivity index (χ2v) is 6.38. The standard InChI is InChI=1S/C19H15N3O4/c23-22(24)14-6-3-12(4-7-14)17-15-2-1-9-21(15)18-13(10-20-17)5-8-16-19(18)26-11-25-16/h1-9,17,20H,10-11H2/p+1. The van der Waals surface area contributed by atoms with Crippen molar-refractivity contribution in [1.82, 2.24) is 4.57 Å². The van der Waals surface area contributed by atoms with Crippen molar-refractivity contribution in [1.29, 1.82) is 0 Å². The normalized spacial score (nSPS) is 17.3. The van der Waals surface area contributed by atoms with Crippen molar-refractivity contribution < 1.29 is 19.7 Å². The van der Waals surface area contributed by atoms with Crippen molar-refractivity contribution in [2.75, 3.05) is 6.79 Å². The quantitative estimate of drug-likeness (QED) is 0.568. The maximum Gasteiger partial charge on any atom is 0.269 e. The highest BCUT2D eigenvalue weighted by molar-refractivity contribution is 5.62. The molecule has 130 valence electrons. The fraction of sp³-hybridized carbons (Fsp3) is 0.158. The van der Waals surface area contributed by atoms with E-state index >= 15 is 0 Å². The zero-order valence-electron chi connectivity index (χ0n) is 13.8. The fourth-order valence-electron chi connectivity index (χ4n) is 3.75. The van der Waals surface area contributed by atoms with Crippen LogP contribution in [0.2, 0.25) is 0 Å². The van der Waals surface area contributed by atoms with E-state index in [-0.39, 0.29) is 23.4 Å². The van der Waals surface area contributed by atoms with E-state index in [9.17, 15) is 10.1 Å². The summed E-state index contributed by atoms with van der Waals surface area (Å²) in [5.74, 6) is 1.54. The Balaban J connectivity index is 1.63. The van der Waals surface area contributed by atoms with Gasteiger partial charge in [0.25, 0.3) is 5.69 Å². The van der Waals surface area contributed by atoms with E-state index in [0.717, 1.165) is 40.6 Å². The molecule has 1 unspecified atom stereocenters. The van der Waals surface area contributed by atoms with Crippen molar-refractivity contribution in [2.45, 2.75) is 12.6 Å². The lowest BCUT2D eigenvalue weighted by Crippen LogP contribution is -2.83. The number of hydrogen-bond donors (Lipinski definition) is 1. The van der Waals surface area contributed by atoms with E-state index in [0.29, 0.717) is 0 Å². The third-order valence-electron chi connectivity index (χ3n) is 4.97. The number of nitrogens with zero attached hydrogens (tertiary/aromatic N) is 2. The van der Waals surface area contributed by atoms with Crippen LogP contribution in [0.4, 0.5) is 5.69 Å². The van der Waals surface area contributed by atoms with Crippen molar-refractivity contribution in [3.8, 4) is 17.2 Å². The molecule has 5 rings (SSSR count). The van der Waals surface area contributed by atoms with Crippen molar-refractivity contribution in [3.05, 3.63) is 81.7 Å². The first kappa shape index (κ1) is 15.0. The van der Waals surface area contributed by atoms with E-state index in [2.05, 4.69) is 22.0 Å². The highest BCUT2D eigenvalue weighted by Crippen LogP contribution is 2.42. The number of nitro benzene ring substituents is 1. The first-order chi connectivity index (χ1) is 12.7. The number of non-ortho nitro benzene ring substituents is 1. The average molecular weight is 350 g/mol. The van der Waals surface area contributed by atoms with Gasteiger partial charge in [0.15, 0.2) is 17.5 Å². The van der Waals surface area contributed by atoms with Crippen LogP contribution in [0.25, 0.3) is 5.69 Å². The lowest BCUT2D eigenvalue weighted by atomic mass is 10.0. The number of quaternary nitrogens is 1. The molecule has 0 amide bonds. The molecule has 7 heteroatoms. The van der Waals surface area contributed by atoms with Crippen molar-refractivity contribution >= 4 is 5.69 Å². The van der Waals surface area contributed by atoms with E-state index in [1.807, 2.05) is 30.5 Å². The molecule has 0 fully saturated rings. The van der Waals surface area contributed by atoms with Gasteiger partial charge in [-0.3, -0.25) is 10.1 Å². The molecule has 1 atom stereocenters. The summed E-state index contributed by atoms with van der Waals surface area (Å²) >= 11 is 0. The van der Waals surface area contributed by atoms with Crippen LogP contribution in [-0.2, 0) is 6.54 Å². The van der Waals surface area contributed by atoms with Crippen LogP contribution in [-0.4, -0.2) is 16.3 Å². The minimum atomic E-state index is -0.375. The SMILES string of the molecule is O=[N+]([O-])c1ccc(C2[NH2+]Cc3ccc4c(c3-n3cccc32)OCO4)cc1. The molecule has 2 aromatic carbocycles. The fourth-order valence-corrected chi connectivity index (χ4v) is 3.75. The predicted molar refractivity (Wildman–Crippen MR) is 92.5 cm³/mol. The highest BCUT2D eigenvalue weighted by atomic mass is 16.7. The summed E-state index contributed by atoms with van der Waals surface area (Å²) in [6, 6.07) is 14.9. The highest BCUT2D eigenvalue weighted by Gasteiger charge is 2.31. The maximum absolute atomic E-state index is 10.9. The molecule has 1 aromatic heterocycles. The van der Waals surface area contributed by atoms with Crippen molar-refractivity contribution in [2.24, 2.45) is 0 Å². The molecule has 2 aliphatic rings. The van der Waals surface area contributed by atoms with Gasteiger partial charge >= 0.3 is 0 Å². The van der Waals surface area contributed by atoms with E-state index in [1.54, 1.807) is 12.1 Å². The summed E-state index contributed by atoms with van der Waals surface area (Å²) in [4.78, 5) is 10.6. The lowest BCUT2D eigenvalue weighted by Gasteiger charge is -2.15. The Labute approximate surface area is 148 Å². The number of ether oxygens (including phenoxy) is 2. The lowest BCUT2D eigenvalue weighted by molar-refractivity contribution is -0.702. The zero-order chi connectivity index (χ0) is 17.7. The smallest absolute Gasteiger partial charge is 0.269 e. The van der Waals surface area contributed by atoms with Gasteiger partial charge in [-0.25, -0.2) is 0 Å². The second kappa shape index (κ2) is 5.60. The number of fused-ring (bicyclic) bond motifs is 5. The van der Waals surface area contributed by atoms with Gasteiger partial charge in [-0.2, -0.15) is 0 Å². The minimum Gasteiger partial charge on any atom is -0.454 e. The Bertz CT molecular complexity index is 1010. The number of hydrogen-bond acceptors (Lipinski definition) is 4. The van der Waals surface area contributed by atoms with Crippen LogP contribution in [0.5, 0.6) is 11.5 Å². The van der Waals surface area contributed by atoms with Crippen LogP contribution in [0.3, 0.4) is 0 Å². The first-order valence-electron chi connectivity index (χ1n) is 8.39. The van der Waals surface area contributed by atoms with Crippen LogP contribution in [0.15, 0.2) is 54.7 Å². The molecule has 3 aromatic rings. The third kappa shape index (κ3) is 2.18. The molecule has 0 radical (unpaired) electrons. The van der Waals surface area contributed by atoms with Crippen LogP contribution in [0.1, 0.15) is 22.9 Å². The molecule has 2 N–H and O–H groups in total. The molecule has 0 spiro atoms. The Morgan fingerprint density at radius 1 is 1.12 bits per heavy atom. The molecule has 0 aliphatic carbocycles. The third-order valence-corrected chi connectivity index (χ3v) is 4.97. The summed E-state index contributed by atoms with van der Waals surface area (Å²) in [5, 5.41) is 13.2. The predicted octanol–water partition coefficient (Wildman–Crippen LogP) is 2.28. The minimum absolute atomic E-state index is 0.0381. The Hall–Kier alpha value is -3.32. The molecule has 7 nitrogen and oxygen atoms in total. The van der Waals surface area contributed by atoms with Gasteiger partial charge in [0.1, 0.15) is 12.2 Å². The molecular weight excluding hydrogens is 334 g/mol. The van der Waals surface area contributed by atoms with E-state index in [1.165, 1.54) is 0 Å². The topological polar surface area (TPSA) is 83.1 Å². The summed E-state index contributed by atoms with van der Waals surface area (Å²) in [6.45, 7) is 1.01. The van der Waals surface area contributed by atoms with Gasteiger partial charge in [0.2, 0.25) is 6.79 Å². The largest absolute Gasteiger partial charge is 0.454 e. The van der Waals surface area contributed by atoms with Crippen LogP contribution >= 0.6 is 0 Å². The summed E-state index contributed by atoms with van der Waals surface area (Å²) in [5.41, 5.74) is 4.40. The van der Waals surface area contributed by atoms with E-state index in [4.69, 9.17) is 9.47 Å². The second-order valence-electron chi connectivity index (χ2n) is 6.38. The molecular formula is C19H16N3O4+. The van der Waals surface area contributed by atoms with Crippen molar-refractivity contribution in [3.63, 3.8) is 0 Å². The molecule has 26 heavy (non-hydrogen) atoms. The van der Waals surface area contributed by atoms with Gasteiger partial charge in [0.05, 0.1) is 10.6 Å².